The molecule has 0 aliphatic rings. The van der Waals surface area contributed by atoms with Gasteiger partial charge >= 0.3 is 0 Å². The van der Waals surface area contributed by atoms with Gasteiger partial charge in [-0.1, -0.05) is 150 Å². The van der Waals surface area contributed by atoms with Gasteiger partial charge in [0.1, 0.15) is 18.3 Å². The predicted molar refractivity (Wildman–Crippen MR) is 184 cm³/mol. The lowest BCUT2D eigenvalue weighted by Crippen LogP contribution is -2.24. The highest BCUT2D eigenvalue weighted by molar-refractivity contribution is 5.39. The minimum atomic E-state index is 0.159. The molecule has 0 saturated heterocycles. The molecule has 0 heterocycles. The maximum absolute atomic E-state index is 10.3. The number of carbonyl (C=O) groups excluding carboxylic acids is 1. The molecule has 0 fully saturated rings. The number of phenolic OH excluding ortho intramolecular Hbond substituents is 2. The van der Waals surface area contributed by atoms with E-state index < -0.39 is 0 Å². The van der Waals surface area contributed by atoms with Crippen LogP contribution in [0.5, 0.6) is 11.5 Å². The molecule has 0 amide bonds. The van der Waals surface area contributed by atoms with Gasteiger partial charge in [0.05, 0.1) is 0 Å². The molecule has 0 radical (unpaired) electrons. The topological polar surface area (TPSA) is 57.5 Å². The van der Waals surface area contributed by atoms with E-state index >= 15 is 0 Å². The van der Waals surface area contributed by atoms with Crippen molar-refractivity contribution >= 4 is 6.79 Å². The molecule has 0 saturated carbocycles. The summed E-state index contributed by atoms with van der Waals surface area (Å²) in [6.45, 7) is 17.8. The van der Waals surface area contributed by atoms with Gasteiger partial charge in [-0.3, -0.25) is 0 Å². The lowest BCUT2D eigenvalue weighted by atomic mass is 9.72. The highest BCUT2D eigenvalue weighted by Crippen LogP contribution is 2.36. The van der Waals surface area contributed by atoms with Gasteiger partial charge in [-0.25, -0.2) is 0 Å². The molecular weight excluding hydrogens is 516 g/mol. The highest BCUT2D eigenvalue weighted by Gasteiger charge is 2.27. The first-order valence-corrected chi connectivity index (χ1v) is 16.9. The molecule has 0 spiro atoms. The first-order valence-electron chi connectivity index (χ1n) is 16.9. The molecular formula is C39H66O3. The van der Waals surface area contributed by atoms with Crippen molar-refractivity contribution in [3.8, 4) is 11.5 Å². The SMILES string of the molecule is C=O.CC(C)(C)CC(C)(C)c1ccc(O)cc1.CCCCCCCCCc1cccc(O)c1CCCCCCCCC. The minimum absolute atomic E-state index is 0.159. The van der Waals surface area contributed by atoms with Gasteiger partial charge in [-0.15, -0.1) is 0 Å². The second kappa shape index (κ2) is 23.2. The van der Waals surface area contributed by atoms with Crippen LogP contribution in [0.4, 0.5) is 0 Å². The Morgan fingerprint density at radius 1 is 0.595 bits per heavy atom. The van der Waals surface area contributed by atoms with E-state index in [2.05, 4.69) is 54.5 Å². The Morgan fingerprint density at radius 3 is 1.52 bits per heavy atom. The number of rotatable bonds is 18. The van der Waals surface area contributed by atoms with Gasteiger partial charge in [-0.05, 0) is 77.8 Å². The molecule has 0 unspecified atom stereocenters. The summed E-state index contributed by atoms with van der Waals surface area (Å²) in [5.41, 5.74) is 4.38. The number of benzene rings is 2. The zero-order valence-corrected chi connectivity index (χ0v) is 28.6. The Balaban J connectivity index is 0.000000841. The number of aromatic hydroxyl groups is 2. The van der Waals surface area contributed by atoms with E-state index in [1.54, 1.807) is 12.1 Å². The highest BCUT2D eigenvalue weighted by atomic mass is 16.3. The predicted octanol–water partition coefficient (Wildman–Crippen LogP) is 11.9. The molecule has 2 aromatic carbocycles. The van der Waals surface area contributed by atoms with E-state index in [4.69, 9.17) is 4.79 Å². The van der Waals surface area contributed by atoms with E-state index in [0.29, 0.717) is 16.9 Å². The second-order valence-corrected chi connectivity index (χ2v) is 13.8. The van der Waals surface area contributed by atoms with Crippen molar-refractivity contribution in [3.63, 3.8) is 0 Å². The van der Waals surface area contributed by atoms with Crippen LogP contribution in [-0.2, 0) is 23.1 Å². The van der Waals surface area contributed by atoms with Crippen molar-refractivity contribution in [2.24, 2.45) is 5.41 Å². The molecule has 42 heavy (non-hydrogen) atoms. The van der Waals surface area contributed by atoms with Crippen molar-refractivity contribution < 1.29 is 15.0 Å². The number of unbranched alkanes of at least 4 members (excludes halogenated alkanes) is 12. The molecule has 240 valence electrons. The van der Waals surface area contributed by atoms with Crippen molar-refractivity contribution in [2.75, 3.05) is 0 Å². The Bertz CT molecular complexity index is 908. The van der Waals surface area contributed by atoms with Gasteiger partial charge in [0.15, 0.2) is 0 Å². The van der Waals surface area contributed by atoms with Crippen molar-refractivity contribution in [2.45, 2.75) is 163 Å². The minimum Gasteiger partial charge on any atom is -0.508 e. The van der Waals surface area contributed by atoms with Crippen molar-refractivity contribution in [1.82, 2.24) is 0 Å². The molecule has 0 atom stereocenters. The van der Waals surface area contributed by atoms with Gasteiger partial charge < -0.3 is 15.0 Å². The van der Waals surface area contributed by atoms with Gasteiger partial charge in [-0.2, -0.15) is 0 Å². The third-order valence-electron chi connectivity index (χ3n) is 7.95. The smallest absolute Gasteiger partial charge is 0.119 e. The summed E-state index contributed by atoms with van der Waals surface area (Å²) in [6, 6.07) is 13.7. The molecule has 2 N–H and O–H groups in total. The molecule has 2 aromatic rings. The Kier molecular flexibility index (Phi) is 21.9. The summed E-state index contributed by atoms with van der Waals surface area (Å²) in [6.07, 6.45) is 22.1. The zero-order chi connectivity index (χ0) is 31.9. The van der Waals surface area contributed by atoms with Gasteiger partial charge in [0.2, 0.25) is 0 Å². The Labute approximate surface area is 260 Å². The summed E-state index contributed by atoms with van der Waals surface area (Å²) in [4.78, 5) is 8.00. The van der Waals surface area contributed by atoms with Crippen LogP contribution in [-0.4, -0.2) is 17.0 Å². The molecule has 3 heteroatoms. The Morgan fingerprint density at radius 2 is 1.05 bits per heavy atom. The van der Waals surface area contributed by atoms with Crippen LogP contribution in [0.25, 0.3) is 0 Å². The third kappa shape index (κ3) is 19.0. The van der Waals surface area contributed by atoms with Crippen LogP contribution in [0.1, 0.15) is 161 Å². The lowest BCUT2D eigenvalue weighted by molar-refractivity contribution is -0.0980. The first kappa shape index (κ1) is 39.7. The molecule has 0 aromatic heterocycles. The summed E-state index contributed by atoms with van der Waals surface area (Å²) in [7, 11) is 0. The Hall–Kier alpha value is -2.29. The van der Waals surface area contributed by atoms with Crippen molar-refractivity contribution in [3.05, 3.63) is 59.2 Å². The number of carbonyl (C=O) groups is 1. The number of aryl methyl sites for hydroxylation is 1. The van der Waals surface area contributed by atoms with Crippen LogP contribution in [0, 0.1) is 5.41 Å². The van der Waals surface area contributed by atoms with E-state index in [1.807, 2.05) is 31.1 Å². The standard InChI is InChI=1S/C24H42O.C14H22O.CH2O/c1-3-5-7-9-11-13-15-18-22-19-17-21-24(25)23(22)20-16-14-12-10-8-6-4-2;1-13(2,3)10-14(4,5)11-6-8-12(15)9-7-11;1-2/h17,19,21,25H,3-16,18,20H2,1-2H3;6-9,15H,10H2,1-5H3;1H2. The van der Waals surface area contributed by atoms with E-state index in [0.717, 1.165) is 19.3 Å². The molecule has 0 aliphatic carbocycles. The summed E-state index contributed by atoms with van der Waals surface area (Å²) < 4.78 is 0. The maximum Gasteiger partial charge on any atom is 0.119 e. The molecule has 2 rings (SSSR count). The normalized spacial score (nSPS) is 11.3. The average molecular weight is 583 g/mol. The number of phenols is 2. The number of hydrogen-bond donors (Lipinski definition) is 2. The maximum atomic E-state index is 10.3. The fourth-order valence-electron chi connectivity index (χ4n) is 6.02. The van der Waals surface area contributed by atoms with Crippen LogP contribution in [0.3, 0.4) is 0 Å². The second-order valence-electron chi connectivity index (χ2n) is 13.8. The summed E-state index contributed by atoms with van der Waals surface area (Å²) in [5, 5.41) is 19.5. The largest absolute Gasteiger partial charge is 0.508 e. The third-order valence-corrected chi connectivity index (χ3v) is 7.95. The lowest BCUT2D eigenvalue weighted by Gasteiger charge is -2.33. The van der Waals surface area contributed by atoms with Gasteiger partial charge in [0, 0.05) is 0 Å². The summed E-state index contributed by atoms with van der Waals surface area (Å²) in [5.74, 6) is 0.858. The van der Waals surface area contributed by atoms with Crippen LogP contribution in [0.15, 0.2) is 42.5 Å². The molecule has 3 nitrogen and oxygen atoms in total. The fourth-order valence-corrected chi connectivity index (χ4v) is 6.02. The van der Waals surface area contributed by atoms with Crippen LogP contribution >= 0.6 is 0 Å². The molecule has 0 aliphatic heterocycles. The fraction of sp³-hybridized carbons (Fsp3) is 0.667. The van der Waals surface area contributed by atoms with Crippen LogP contribution < -0.4 is 0 Å². The van der Waals surface area contributed by atoms with E-state index in [9.17, 15) is 10.2 Å². The van der Waals surface area contributed by atoms with Crippen molar-refractivity contribution in [1.29, 1.82) is 0 Å². The molecule has 0 bridgehead atoms. The average Bonchev–Trinajstić information content (AvgIpc) is 2.93. The monoisotopic (exact) mass is 583 g/mol. The first-order chi connectivity index (χ1) is 20.0. The van der Waals surface area contributed by atoms with Crippen LogP contribution in [0.2, 0.25) is 0 Å². The van der Waals surface area contributed by atoms with E-state index in [-0.39, 0.29) is 5.41 Å². The quantitative estimate of drug-likeness (QED) is 0.172. The zero-order valence-electron chi connectivity index (χ0n) is 28.6. The summed E-state index contributed by atoms with van der Waals surface area (Å²) >= 11 is 0. The number of hydrogen-bond acceptors (Lipinski definition) is 3. The van der Waals surface area contributed by atoms with Gasteiger partial charge in [0.25, 0.3) is 0 Å². The van der Waals surface area contributed by atoms with E-state index in [1.165, 1.54) is 107 Å².